The number of imidazole rings is 1. The number of hydrogen-bond donors (Lipinski definition) is 2. The Balaban J connectivity index is 1.18. The van der Waals surface area contributed by atoms with E-state index in [2.05, 4.69) is 10.6 Å². The molecule has 2 N–H and O–H groups in total. The van der Waals surface area contributed by atoms with Crippen molar-refractivity contribution in [3.05, 3.63) is 82.2 Å². The number of nitrogens with one attached hydrogen (secondary N) is 2. The molecule has 11 heteroatoms. The normalized spacial score (nSPS) is 26.7. The zero-order valence-corrected chi connectivity index (χ0v) is 22.8. The SMILES string of the molecule is O=C(COC1=CC=CNC1(Cl)C1CNCCO1)N1CCc2nc3sccn3c2C1c1ccc(C2CC2)cc1F. The van der Waals surface area contributed by atoms with Gasteiger partial charge in [0.15, 0.2) is 16.6 Å². The lowest BCUT2D eigenvalue weighted by Crippen LogP contribution is -2.58. The molecule has 1 saturated carbocycles. The second kappa shape index (κ2) is 9.92. The Bertz CT molecular complexity index is 1480. The summed E-state index contributed by atoms with van der Waals surface area (Å²) in [6, 6.07) is 4.86. The van der Waals surface area contributed by atoms with Crippen LogP contribution in [0.15, 0.2) is 53.9 Å². The molecule has 3 atom stereocenters. The van der Waals surface area contributed by atoms with Gasteiger partial charge in [0.2, 0.25) is 0 Å². The van der Waals surface area contributed by atoms with Gasteiger partial charge in [0, 0.05) is 43.2 Å². The molecule has 3 unspecified atom stereocenters. The zero-order valence-electron chi connectivity index (χ0n) is 21.2. The van der Waals surface area contributed by atoms with E-state index in [-0.39, 0.29) is 24.4 Å². The minimum Gasteiger partial charge on any atom is -0.484 e. The number of halogens is 2. The number of thiazole rings is 1. The van der Waals surface area contributed by atoms with E-state index >= 15 is 4.39 Å². The Hall–Kier alpha value is -2.92. The van der Waals surface area contributed by atoms with Crippen LogP contribution in [-0.4, -0.2) is 64.1 Å². The summed E-state index contributed by atoms with van der Waals surface area (Å²) in [6.07, 6.45) is 9.59. The van der Waals surface area contributed by atoms with E-state index in [0.717, 1.165) is 41.3 Å². The molecule has 5 heterocycles. The third-order valence-electron chi connectivity index (χ3n) is 7.94. The highest BCUT2D eigenvalue weighted by Crippen LogP contribution is 2.43. The van der Waals surface area contributed by atoms with E-state index in [9.17, 15) is 4.79 Å². The van der Waals surface area contributed by atoms with Crippen molar-refractivity contribution in [3.63, 3.8) is 0 Å². The summed E-state index contributed by atoms with van der Waals surface area (Å²) in [5.74, 6) is 0.295. The first-order valence-electron chi connectivity index (χ1n) is 13.3. The van der Waals surface area contributed by atoms with Crippen molar-refractivity contribution in [2.75, 3.05) is 32.8 Å². The summed E-state index contributed by atoms with van der Waals surface area (Å²) in [5.41, 5.74) is 3.22. The lowest BCUT2D eigenvalue weighted by molar-refractivity contribution is -0.137. The van der Waals surface area contributed by atoms with Crippen LogP contribution in [0, 0.1) is 5.82 Å². The number of carbonyl (C=O) groups excluding carboxylic acids is 1. The number of amides is 1. The fourth-order valence-electron chi connectivity index (χ4n) is 5.79. The number of morpholine rings is 1. The zero-order chi connectivity index (χ0) is 26.6. The van der Waals surface area contributed by atoms with Crippen LogP contribution in [0.5, 0.6) is 0 Å². The largest absolute Gasteiger partial charge is 0.484 e. The van der Waals surface area contributed by atoms with Gasteiger partial charge in [0.1, 0.15) is 23.7 Å². The number of hydrogen-bond acceptors (Lipinski definition) is 7. The first-order valence-corrected chi connectivity index (χ1v) is 14.6. The van der Waals surface area contributed by atoms with Crippen LogP contribution in [0.4, 0.5) is 4.39 Å². The van der Waals surface area contributed by atoms with Crippen LogP contribution in [-0.2, 0) is 20.7 Å². The van der Waals surface area contributed by atoms with Gasteiger partial charge < -0.3 is 25.0 Å². The molecule has 1 amide bonds. The molecule has 8 nitrogen and oxygen atoms in total. The monoisotopic (exact) mass is 569 g/mol. The van der Waals surface area contributed by atoms with Crippen molar-refractivity contribution in [1.82, 2.24) is 24.9 Å². The van der Waals surface area contributed by atoms with Crippen molar-refractivity contribution in [2.45, 2.75) is 42.3 Å². The van der Waals surface area contributed by atoms with Crippen molar-refractivity contribution >= 4 is 33.8 Å². The molecule has 3 aromatic rings. The Labute approximate surface area is 234 Å². The highest BCUT2D eigenvalue weighted by atomic mass is 35.5. The summed E-state index contributed by atoms with van der Waals surface area (Å²) >= 11 is 8.51. The van der Waals surface area contributed by atoms with E-state index in [1.165, 1.54) is 11.3 Å². The fraction of sp³-hybridized carbons (Fsp3) is 0.429. The molecule has 2 aromatic heterocycles. The van der Waals surface area contributed by atoms with Gasteiger partial charge in [-0.2, -0.15) is 0 Å². The van der Waals surface area contributed by atoms with E-state index in [1.807, 2.05) is 28.1 Å². The molecule has 1 aromatic carbocycles. The maximum atomic E-state index is 15.7. The summed E-state index contributed by atoms with van der Waals surface area (Å²) in [5, 5.41) is 8.38. The molecule has 0 radical (unpaired) electrons. The second-order valence-corrected chi connectivity index (χ2v) is 11.9. The topological polar surface area (TPSA) is 80.1 Å². The Morgan fingerprint density at radius 2 is 2.26 bits per heavy atom. The second-order valence-electron chi connectivity index (χ2n) is 10.4. The van der Waals surface area contributed by atoms with Crippen LogP contribution in [0.25, 0.3) is 4.96 Å². The number of carbonyl (C=O) groups is 1. The number of ether oxygens (including phenoxy) is 2. The van der Waals surface area contributed by atoms with Crippen molar-refractivity contribution in [1.29, 1.82) is 0 Å². The minimum atomic E-state index is -1.14. The number of rotatable bonds is 6. The van der Waals surface area contributed by atoms with E-state index in [1.54, 1.807) is 29.3 Å². The average molecular weight is 570 g/mol. The van der Waals surface area contributed by atoms with Gasteiger partial charge in [0.25, 0.3) is 5.91 Å². The van der Waals surface area contributed by atoms with Gasteiger partial charge in [-0.15, -0.1) is 11.3 Å². The van der Waals surface area contributed by atoms with E-state index in [0.29, 0.717) is 43.4 Å². The van der Waals surface area contributed by atoms with Gasteiger partial charge in [-0.3, -0.25) is 9.20 Å². The van der Waals surface area contributed by atoms with Gasteiger partial charge in [-0.1, -0.05) is 23.7 Å². The summed E-state index contributed by atoms with van der Waals surface area (Å²) in [4.78, 5) is 20.0. The number of nitrogens with zero attached hydrogens (tertiary/aromatic N) is 3. The first-order chi connectivity index (χ1) is 19.0. The molecule has 1 aliphatic carbocycles. The maximum absolute atomic E-state index is 15.7. The van der Waals surface area contributed by atoms with Gasteiger partial charge in [-0.05, 0) is 48.7 Å². The highest BCUT2D eigenvalue weighted by molar-refractivity contribution is 7.15. The molecule has 4 aliphatic rings. The van der Waals surface area contributed by atoms with Crippen molar-refractivity contribution in [3.8, 4) is 0 Å². The van der Waals surface area contributed by atoms with E-state index in [4.69, 9.17) is 26.1 Å². The summed E-state index contributed by atoms with van der Waals surface area (Å²) < 4.78 is 29.7. The Morgan fingerprint density at radius 3 is 3.05 bits per heavy atom. The minimum absolute atomic E-state index is 0.241. The van der Waals surface area contributed by atoms with Crippen LogP contribution >= 0.6 is 22.9 Å². The van der Waals surface area contributed by atoms with Crippen molar-refractivity contribution in [2.24, 2.45) is 0 Å². The van der Waals surface area contributed by atoms with Gasteiger partial charge >= 0.3 is 0 Å². The van der Waals surface area contributed by atoms with Gasteiger partial charge in [0.05, 0.1) is 18.0 Å². The molecule has 0 spiro atoms. The van der Waals surface area contributed by atoms with Crippen molar-refractivity contribution < 1.29 is 18.7 Å². The third-order valence-corrected chi connectivity index (χ3v) is 9.24. The average Bonchev–Trinajstić information content (AvgIpc) is 3.61. The Morgan fingerprint density at radius 1 is 1.36 bits per heavy atom. The van der Waals surface area contributed by atoms with Crippen LogP contribution in [0.1, 0.15) is 47.3 Å². The maximum Gasteiger partial charge on any atom is 0.261 e. The molecular formula is C28H29ClFN5O3S. The predicted molar refractivity (Wildman–Crippen MR) is 146 cm³/mol. The predicted octanol–water partition coefficient (Wildman–Crippen LogP) is 3.83. The number of allylic oxidation sites excluding steroid dienone is 2. The summed E-state index contributed by atoms with van der Waals surface area (Å²) in [6.45, 7) is 1.99. The molecule has 1 saturated heterocycles. The third kappa shape index (κ3) is 4.43. The Kier molecular flexibility index (Phi) is 6.38. The lowest BCUT2D eigenvalue weighted by Gasteiger charge is -2.40. The smallest absolute Gasteiger partial charge is 0.261 e. The lowest BCUT2D eigenvalue weighted by atomic mass is 9.93. The summed E-state index contributed by atoms with van der Waals surface area (Å²) in [7, 11) is 0. The first kappa shape index (κ1) is 25.1. The fourth-order valence-corrected chi connectivity index (χ4v) is 6.85. The number of alkyl halides is 1. The molecule has 2 fully saturated rings. The van der Waals surface area contributed by atoms with Crippen LogP contribution in [0.2, 0.25) is 0 Å². The molecule has 3 aliphatic heterocycles. The van der Waals surface area contributed by atoms with Gasteiger partial charge in [-0.25, -0.2) is 9.37 Å². The van der Waals surface area contributed by atoms with E-state index < -0.39 is 11.0 Å². The molecule has 204 valence electrons. The highest BCUT2D eigenvalue weighted by Gasteiger charge is 2.45. The number of dihydropyridines is 1. The molecule has 0 bridgehead atoms. The standard InChI is InChI=1S/C28H29ClFN5O3S/c29-28(23-15-31-9-12-37-23)22(2-1-8-32-28)38-16-24(36)34-10-7-21-26(35-11-13-39-27(35)33-21)25(34)19-6-5-18(14-20(19)30)17-3-4-17/h1-2,5-6,8,11,13-14,17,23,25,31-32H,3-4,7,9-10,12,15-16H2. The number of aromatic nitrogens is 2. The number of benzene rings is 1. The quantitative estimate of drug-likeness (QED) is 0.347. The molecule has 39 heavy (non-hydrogen) atoms. The number of fused-ring (bicyclic) bond motifs is 3. The molecular weight excluding hydrogens is 541 g/mol. The van der Waals surface area contributed by atoms with Crippen LogP contribution < -0.4 is 10.6 Å². The molecule has 7 rings (SSSR count). The van der Waals surface area contributed by atoms with Crippen LogP contribution in [0.3, 0.4) is 0 Å².